The van der Waals surface area contributed by atoms with Gasteiger partial charge >= 0.3 is 5.97 Å². The first-order valence-corrected chi connectivity index (χ1v) is 7.99. The molecule has 1 aliphatic rings. The van der Waals surface area contributed by atoms with Gasteiger partial charge in [-0.2, -0.15) is 0 Å². The first kappa shape index (κ1) is 15.7. The number of ether oxygens (including phenoxy) is 1. The van der Waals surface area contributed by atoms with Crippen LogP contribution in [-0.2, 0) is 16.0 Å². The minimum Gasteiger partial charge on any atom is -0.466 e. The molecule has 0 fully saturated rings. The normalized spacial score (nSPS) is 13.9. The second-order valence-electron chi connectivity index (χ2n) is 5.59. The first-order valence-electron chi connectivity index (χ1n) is 7.99. The van der Waals surface area contributed by atoms with Crippen LogP contribution in [0, 0.1) is 0 Å². The van der Waals surface area contributed by atoms with Crippen LogP contribution in [-0.4, -0.2) is 25.7 Å². The molecule has 1 aromatic rings. The summed E-state index contributed by atoms with van der Waals surface area (Å²) in [5, 5.41) is 0. The van der Waals surface area contributed by atoms with Crippen LogP contribution in [0.5, 0.6) is 0 Å². The third kappa shape index (κ3) is 4.66. The highest BCUT2D eigenvalue weighted by atomic mass is 16.5. The van der Waals surface area contributed by atoms with Crippen LogP contribution in [0.25, 0.3) is 0 Å². The fourth-order valence-corrected chi connectivity index (χ4v) is 2.88. The van der Waals surface area contributed by atoms with Crippen LogP contribution < -0.4 is 10.6 Å². The molecule has 0 spiro atoms. The lowest BCUT2D eigenvalue weighted by Crippen LogP contribution is -2.30. The van der Waals surface area contributed by atoms with E-state index < -0.39 is 0 Å². The molecule has 0 atom stereocenters. The number of aryl methyl sites for hydroxylation is 1. The predicted molar refractivity (Wildman–Crippen MR) is 86.5 cm³/mol. The lowest BCUT2D eigenvalue weighted by Gasteiger charge is -2.31. The van der Waals surface area contributed by atoms with Crippen LogP contribution in [0.2, 0.25) is 0 Å². The van der Waals surface area contributed by atoms with Gasteiger partial charge in [0.15, 0.2) is 0 Å². The van der Waals surface area contributed by atoms with E-state index in [0.29, 0.717) is 13.0 Å². The van der Waals surface area contributed by atoms with Gasteiger partial charge in [-0.1, -0.05) is 12.5 Å². The molecule has 4 heteroatoms. The second kappa shape index (κ2) is 7.91. The molecule has 0 amide bonds. The van der Waals surface area contributed by atoms with E-state index in [1.165, 1.54) is 17.7 Å². The van der Waals surface area contributed by atoms with Gasteiger partial charge in [0.25, 0.3) is 0 Å². The Bertz CT molecular complexity index is 474. The average Bonchev–Trinajstić information content (AvgIpc) is 2.47. The predicted octanol–water partition coefficient (Wildman–Crippen LogP) is 3.14. The summed E-state index contributed by atoms with van der Waals surface area (Å²) >= 11 is 0. The molecule has 21 heavy (non-hydrogen) atoms. The summed E-state index contributed by atoms with van der Waals surface area (Å²) in [6, 6.07) is 6.23. The number of nitrogen functional groups attached to an aromatic ring is 1. The molecule has 0 saturated carbocycles. The number of anilines is 2. The van der Waals surface area contributed by atoms with Crippen molar-refractivity contribution in [3.8, 4) is 0 Å². The zero-order chi connectivity index (χ0) is 15.1. The summed E-state index contributed by atoms with van der Waals surface area (Å²) < 4.78 is 4.93. The maximum absolute atomic E-state index is 11.3. The standard InChI is InChI=1S/C17H26N2O2/c1-2-21-17(20)8-4-3-5-11-19-12-6-7-14-9-10-15(18)13-16(14)19/h9-10,13H,2-8,11-12,18H2,1H3. The number of carbonyl (C=O) groups excluding carboxylic acids is 1. The van der Waals surface area contributed by atoms with E-state index in [4.69, 9.17) is 10.5 Å². The van der Waals surface area contributed by atoms with E-state index in [9.17, 15) is 4.79 Å². The van der Waals surface area contributed by atoms with E-state index in [1.54, 1.807) is 0 Å². The van der Waals surface area contributed by atoms with Crippen molar-refractivity contribution < 1.29 is 9.53 Å². The quantitative estimate of drug-likeness (QED) is 0.476. The maximum Gasteiger partial charge on any atom is 0.305 e. The van der Waals surface area contributed by atoms with E-state index in [2.05, 4.69) is 17.0 Å². The third-order valence-electron chi connectivity index (χ3n) is 3.94. The molecule has 4 nitrogen and oxygen atoms in total. The van der Waals surface area contributed by atoms with Crippen LogP contribution in [0.4, 0.5) is 11.4 Å². The van der Waals surface area contributed by atoms with E-state index in [-0.39, 0.29) is 5.97 Å². The summed E-state index contributed by atoms with van der Waals surface area (Å²) in [7, 11) is 0. The van der Waals surface area contributed by atoms with Crippen molar-refractivity contribution in [3.63, 3.8) is 0 Å². The monoisotopic (exact) mass is 290 g/mol. The molecule has 0 radical (unpaired) electrons. The Morgan fingerprint density at radius 2 is 2.19 bits per heavy atom. The number of nitrogens with two attached hydrogens (primary N) is 1. The number of esters is 1. The molecule has 1 heterocycles. The second-order valence-corrected chi connectivity index (χ2v) is 5.59. The molecule has 0 aromatic heterocycles. The van der Waals surface area contributed by atoms with Crippen LogP contribution in [0.3, 0.4) is 0 Å². The Labute approximate surface area is 127 Å². The van der Waals surface area contributed by atoms with E-state index >= 15 is 0 Å². The fourth-order valence-electron chi connectivity index (χ4n) is 2.88. The van der Waals surface area contributed by atoms with Crippen LogP contribution in [0.1, 0.15) is 44.6 Å². The largest absolute Gasteiger partial charge is 0.466 e. The Hall–Kier alpha value is -1.71. The van der Waals surface area contributed by atoms with Crippen molar-refractivity contribution in [2.75, 3.05) is 30.3 Å². The van der Waals surface area contributed by atoms with Crippen molar-refractivity contribution in [1.82, 2.24) is 0 Å². The molecule has 2 N–H and O–H groups in total. The molecule has 0 saturated heterocycles. The molecule has 0 bridgehead atoms. The first-order chi connectivity index (χ1) is 10.2. The number of hydrogen-bond acceptors (Lipinski definition) is 4. The minimum atomic E-state index is -0.0754. The lowest BCUT2D eigenvalue weighted by atomic mass is 10.0. The molecular weight excluding hydrogens is 264 g/mol. The maximum atomic E-state index is 11.3. The number of nitrogens with zero attached hydrogens (tertiary/aromatic N) is 1. The fraction of sp³-hybridized carbons (Fsp3) is 0.588. The molecule has 0 aliphatic carbocycles. The van der Waals surface area contributed by atoms with E-state index in [0.717, 1.165) is 44.5 Å². The molecule has 2 rings (SSSR count). The molecular formula is C17H26N2O2. The van der Waals surface area contributed by atoms with Crippen molar-refractivity contribution in [2.45, 2.75) is 45.4 Å². The third-order valence-corrected chi connectivity index (χ3v) is 3.94. The Morgan fingerprint density at radius 1 is 1.33 bits per heavy atom. The van der Waals surface area contributed by atoms with Crippen molar-refractivity contribution in [1.29, 1.82) is 0 Å². The van der Waals surface area contributed by atoms with Gasteiger partial charge in [-0.25, -0.2) is 0 Å². The smallest absolute Gasteiger partial charge is 0.305 e. The molecule has 116 valence electrons. The van der Waals surface area contributed by atoms with Gasteiger partial charge < -0.3 is 15.4 Å². The Balaban J connectivity index is 1.75. The van der Waals surface area contributed by atoms with Crippen molar-refractivity contribution >= 4 is 17.3 Å². The van der Waals surface area contributed by atoms with Crippen LogP contribution >= 0.6 is 0 Å². The van der Waals surface area contributed by atoms with E-state index in [1.807, 2.05) is 13.0 Å². The lowest BCUT2D eigenvalue weighted by molar-refractivity contribution is -0.143. The van der Waals surface area contributed by atoms with Crippen LogP contribution in [0.15, 0.2) is 18.2 Å². The summed E-state index contributed by atoms with van der Waals surface area (Å²) in [6.45, 7) is 4.47. The van der Waals surface area contributed by atoms with Crippen molar-refractivity contribution in [3.05, 3.63) is 23.8 Å². The highest BCUT2D eigenvalue weighted by Crippen LogP contribution is 2.29. The highest BCUT2D eigenvalue weighted by Gasteiger charge is 2.16. The van der Waals surface area contributed by atoms with Crippen molar-refractivity contribution in [2.24, 2.45) is 0 Å². The Morgan fingerprint density at radius 3 is 3.00 bits per heavy atom. The molecule has 0 unspecified atom stereocenters. The molecule has 1 aromatic carbocycles. The summed E-state index contributed by atoms with van der Waals surface area (Å²) in [4.78, 5) is 13.7. The van der Waals surface area contributed by atoms with Gasteiger partial charge in [-0.3, -0.25) is 4.79 Å². The summed E-state index contributed by atoms with van der Waals surface area (Å²) in [5.74, 6) is -0.0754. The van der Waals surface area contributed by atoms with Gasteiger partial charge in [0.2, 0.25) is 0 Å². The number of hydrogen-bond donors (Lipinski definition) is 1. The summed E-state index contributed by atoms with van der Waals surface area (Å²) in [6.07, 6.45) is 5.98. The van der Waals surface area contributed by atoms with Gasteiger partial charge in [0.05, 0.1) is 6.61 Å². The number of benzene rings is 1. The van der Waals surface area contributed by atoms with Gasteiger partial charge in [-0.05, 0) is 50.3 Å². The number of carbonyl (C=O) groups is 1. The Kier molecular flexibility index (Phi) is 5.90. The number of rotatable bonds is 7. The topological polar surface area (TPSA) is 55.6 Å². The molecule has 1 aliphatic heterocycles. The van der Waals surface area contributed by atoms with Gasteiger partial charge in [0.1, 0.15) is 0 Å². The average molecular weight is 290 g/mol. The van der Waals surface area contributed by atoms with Gasteiger partial charge in [-0.15, -0.1) is 0 Å². The number of fused-ring (bicyclic) bond motifs is 1. The number of unbranched alkanes of at least 4 members (excludes halogenated alkanes) is 2. The van der Waals surface area contributed by atoms with Gasteiger partial charge in [0, 0.05) is 30.9 Å². The highest BCUT2D eigenvalue weighted by molar-refractivity contribution is 5.69. The zero-order valence-electron chi connectivity index (χ0n) is 12.9. The SMILES string of the molecule is CCOC(=O)CCCCCN1CCCc2ccc(N)cc21. The zero-order valence-corrected chi connectivity index (χ0v) is 12.9. The summed E-state index contributed by atoms with van der Waals surface area (Å²) in [5.41, 5.74) is 9.44. The minimum absolute atomic E-state index is 0.0754.